The number of hydrogen-bond acceptors (Lipinski definition) is 7. The van der Waals surface area contributed by atoms with Crippen LogP contribution >= 0.6 is 0 Å². The van der Waals surface area contributed by atoms with Crippen LogP contribution in [0.25, 0.3) is 10.4 Å². The highest BCUT2D eigenvalue weighted by Gasteiger charge is 2.22. The number of ether oxygens (including phenoxy) is 2. The lowest BCUT2D eigenvalue weighted by atomic mass is 10.4. The van der Waals surface area contributed by atoms with Crippen LogP contribution in [0.5, 0.6) is 0 Å². The minimum absolute atomic E-state index is 0.132. The van der Waals surface area contributed by atoms with Crippen molar-refractivity contribution in [3.63, 3.8) is 0 Å². The number of amides is 3. The quantitative estimate of drug-likeness (QED) is 0.148. The molecule has 1 aliphatic heterocycles. The summed E-state index contributed by atoms with van der Waals surface area (Å²) in [5, 5.41) is 3.38. The molecule has 0 aromatic carbocycles. The summed E-state index contributed by atoms with van der Waals surface area (Å²) in [5.41, 5.74) is 13.7. The highest BCUT2D eigenvalue weighted by molar-refractivity contribution is 6.12. The standard InChI is InChI=1S/C14H22N6O5/c15-3-5-19(6-4-17-18-16)14(23)11-25-10-9-24-8-7-20-12(21)1-2-13(20)22/h1-2H,3-11,15H2. The highest BCUT2D eigenvalue weighted by atomic mass is 16.5. The maximum atomic E-state index is 11.9. The zero-order valence-electron chi connectivity index (χ0n) is 13.9. The summed E-state index contributed by atoms with van der Waals surface area (Å²) in [6.07, 6.45) is 2.43. The Labute approximate surface area is 144 Å². The van der Waals surface area contributed by atoms with E-state index in [0.29, 0.717) is 13.1 Å². The molecule has 1 rings (SSSR count). The van der Waals surface area contributed by atoms with Crippen LogP contribution in [0.3, 0.4) is 0 Å². The smallest absolute Gasteiger partial charge is 0.253 e. The van der Waals surface area contributed by atoms with Crippen molar-refractivity contribution in [2.45, 2.75) is 0 Å². The zero-order valence-corrected chi connectivity index (χ0v) is 13.9. The second-order valence-electron chi connectivity index (χ2n) is 4.95. The van der Waals surface area contributed by atoms with Gasteiger partial charge < -0.3 is 20.1 Å². The van der Waals surface area contributed by atoms with E-state index in [-0.39, 0.29) is 63.8 Å². The fraction of sp³-hybridized carbons (Fsp3) is 0.643. The maximum absolute atomic E-state index is 11.9. The number of carbonyl (C=O) groups excluding carboxylic acids is 3. The Morgan fingerprint density at radius 3 is 2.52 bits per heavy atom. The second kappa shape index (κ2) is 12.0. The summed E-state index contributed by atoms with van der Waals surface area (Å²) in [6.45, 7) is 1.77. The van der Waals surface area contributed by atoms with Gasteiger partial charge >= 0.3 is 0 Å². The Kier molecular flexibility index (Phi) is 9.87. The highest BCUT2D eigenvalue weighted by Crippen LogP contribution is 2.02. The van der Waals surface area contributed by atoms with Crippen LogP contribution in [0.1, 0.15) is 0 Å². The zero-order chi connectivity index (χ0) is 18.5. The SMILES string of the molecule is [N-]=[N+]=NCCN(CCN)C(=O)COCCOCCN1C(=O)C=CC1=O. The number of hydrogen-bond donors (Lipinski definition) is 1. The van der Waals surface area contributed by atoms with E-state index in [0.717, 1.165) is 4.90 Å². The lowest BCUT2D eigenvalue weighted by Crippen LogP contribution is -2.39. The molecule has 11 heteroatoms. The Hall–Kier alpha value is -2.46. The Morgan fingerprint density at radius 2 is 1.88 bits per heavy atom. The summed E-state index contributed by atoms with van der Waals surface area (Å²) < 4.78 is 10.5. The van der Waals surface area contributed by atoms with E-state index in [1.807, 2.05) is 0 Å². The van der Waals surface area contributed by atoms with E-state index in [9.17, 15) is 14.4 Å². The number of nitrogens with two attached hydrogens (primary N) is 1. The molecule has 1 aliphatic rings. The molecule has 3 amide bonds. The average Bonchev–Trinajstić information content (AvgIpc) is 2.91. The van der Waals surface area contributed by atoms with Gasteiger partial charge in [0.25, 0.3) is 11.8 Å². The van der Waals surface area contributed by atoms with E-state index in [4.69, 9.17) is 20.7 Å². The fourth-order valence-corrected chi connectivity index (χ4v) is 2.01. The van der Waals surface area contributed by atoms with Crippen LogP contribution in [0.4, 0.5) is 0 Å². The van der Waals surface area contributed by atoms with Crippen molar-refractivity contribution in [3.05, 3.63) is 22.6 Å². The molecule has 0 saturated carbocycles. The predicted octanol–water partition coefficient (Wildman–Crippen LogP) is -0.958. The molecule has 0 radical (unpaired) electrons. The molecule has 25 heavy (non-hydrogen) atoms. The van der Waals surface area contributed by atoms with Crippen LogP contribution in [0, 0.1) is 0 Å². The largest absolute Gasteiger partial charge is 0.377 e. The van der Waals surface area contributed by atoms with E-state index in [1.165, 1.54) is 17.1 Å². The maximum Gasteiger partial charge on any atom is 0.253 e. The minimum Gasteiger partial charge on any atom is -0.377 e. The van der Waals surface area contributed by atoms with Gasteiger partial charge in [0, 0.05) is 43.2 Å². The van der Waals surface area contributed by atoms with E-state index >= 15 is 0 Å². The topological polar surface area (TPSA) is 151 Å². The molecule has 0 aliphatic carbocycles. The van der Waals surface area contributed by atoms with Crippen molar-refractivity contribution in [1.82, 2.24) is 9.80 Å². The van der Waals surface area contributed by atoms with Crippen LogP contribution < -0.4 is 5.73 Å². The average molecular weight is 354 g/mol. The van der Waals surface area contributed by atoms with E-state index in [1.54, 1.807) is 0 Å². The van der Waals surface area contributed by atoms with Crippen LogP contribution in [0.15, 0.2) is 17.3 Å². The molecule has 1 heterocycles. The van der Waals surface area contributed by atoms with Crippen molar-refractivity contribution in [3.8, 4) is 0 Å². The number of azide groups is 1. The first-order valence-corrected chi connectivity index (χ1v) is 7.78. The Bertz CT molecular complexity index is 528. The van der Waals surface area contributed by atoms with Gasteiger partial charge in [-0.3, -0.25) is 19.3 Å². The molecular weight excluding hydrogens is 332 g/mol. The fourth-order valence-electron chi connectivity index (χ4n) is 2.01. The number of rotatable bonds is 13. The lowest BCUT2D eigenvalue weighted by Gasteiger charge is -2.21. The van der Waals surface area contributed by atoms with Crippen molar-refractivity contribution >= 4 is 17.7 Å². The molecular formula is C14H22N6O5. The Balaban J connectivity index is 2.10. The van der Waals surface area contributed by atoms with Gasteiger partial charge in [0.05, 0.1) is 26.4 Å². The summed E-state index contributed by atoms with van der Waals surface area (Å²) >= 11 is 0. The normalized spacial score (nSPS) is 13.2. The molecule has 0 bridgehead atoms. The third-order valence-corrected chi connectivity index (χ3v) is 3.24. The predicted molar refractivity (Wildman–Crippen MR) is 87.1 cm³/mol. The van der Waals surface area contributed by atoms with Crippen LogP contribution in [0.2, 0.25) is 0 Å². The molecule has 138 valence electrons. The van der Waals surface area contributed by atoms with Crippen molar-refractivity contribution < 1.29 is 23.9 Å². The third kappa shape index (κ3) is 7.77. The van der Waals surface area contributed by atoms with Crippen LogP contribution in [-0.4, -0.2) is 86.7 Å². The number of imide groups is 1. The van der Waals surface area contributed by atoms with Crippen LogP contribution in [-0.2, 0) is 23.9 Å². The molecule has 0 fully saturated rings. The van der Waals surface area contributed by atoms with Crippen molar-refractivity contribution in [2.75, 3.05) is 59.2 Å². The van der Waals surface area contributed by atoms with Gasteiger partial charge in [-0.25, -0.2) is 0 Å². The lowest BCUT2D eigenvalue weighted by molar-refractivity contribution is -0.139. The number of carbonyl (C=O) groups is 3. The third-order valence-electron chi connectivity index (χ3n) is 3.24. The summed E-state index contributed by atoms with van der Waals surface area (Å²) in [5.74, 6) is -0.953. The molecule has 0 unspecified atom stereocenters. The number of nitrogens with zero attached hydrogens (tertiary/aromatic N) is 5. The van der Waals surface area contributed by atoms with E-state index < -0.39 is 0 Å². The molecule has 2 N–H and O–H groups in total. The van der Waals surface area contributed by atoms with Gasteiger partial charge in [0.2, 0.25) is 5.91 Å². The first-order valence-electron chi connectivity index (χ1n) is 7.78. The van der Waals surface area contributed by atoms with Gasteiger partial charge in [-0.2, -0.15) is 0 Å². The molecule has 0 atom stereocenters. The monoisotopic (exact) mass is 354 g/mol. The van der Waals surface area contributed by atoms with Gasteiger partial charge in [-0.15, -0.1) is 0 Å². The molecule has 0 saturated heterocycles. The molecule has 0 aromatic rings. The first kappa shape index (κ1) is 20.6. The summed E-state index contributed by atoms with van der Waals surface area (Å²) in [6, 6.07) is 0. The molecule has 0 spiro atoms. The van der Waals surface area contributed by atoms with Gasteiger partial charge in [-0.1, -0.05) is 5.11 Å². The first-order chi connectivity index (χ1) is 12.1. The van der Waals surface area contributed by atoms with Gasteiger partial charge in [0.1, 0.15) is 6.61 Å². The summed E-state index contributed by atoms with van der Waals surface area (Å²) in [4.78, 5) is 39.7. The second-order valence-corrected chi connectivity index (χ2v) is 4.95. The summed E-state index contributed by atoms with van der Waals surface area (Å²) in [7, 11) is 0. The minimum atomic E-state index is -0.351. The van der Waals surface area contributed by atoms with Gasteiger partial charge in [0.15, 0.2) is 0 Å². The molecule has 11 nitrogen and oxygen atoms in total. The van der Waals surface area contributed by atoms with Crippen molar-refractivity contribution in [1.29, 1.82) is 0 Å². The Morgan fingerprint density at radius 1 is 1.20 bits per heavy atom. The van der Waals surface area contributed by atoms with Crippen molar-refractivity contribution in [2.24, 2.45) is 10.8 Å². The van der Waals surface area contributed by atoms with Gasteiger partial charge in [-0.05, 0) is 5.53 Å². The van der Waals surface area contributed by atoms with E-state index in [2.05, 4.69) is 10.0 Å². The molecule has 0 aromatic heterocycles.